The highest BCUT2D eigenvalue weighted by Gasteiger charge is 2.12. The Labute approximate surface area is 133 Å². The molecule has 6 heteroatoms. The topological polar surface area (TPSA) is 45.2 Å². The Kier molecular flexibility index (Phi) is 5.73. The molecule has 0 radical (unpaired) electrons. The smallest absolute Gasteiger partial charge is 0.228 e. The Morgan fingerprint density at radius 3 is 2.76 bits per heavy atom. The molecule has 1 aromatic heterocycles. The van der Waals surface area contributed by atoms with Crippen LogP contribution in [0.5, 0.6) is 0 Å². The minimum Gasteiger partial charge on any atom is -0.344 e. The molecule has 1 amide bonds. The summed E-state index contributed by atoms with van der Waals surface area (Å²) in [6, 6.07) is 7.56. The number of hydrogen-bond donors (Lipinski definition) is 1. The average Bonchev–Trinajstić information content (AvgIpc) is 2.93. The zero-order valence-corrected chi connectivity index (χ0v) is 13.7. The first-order valence-corrected chi connectivity index (χ1v) is 7.95. The van der Waals surface area contributed by atoms with Gasteiger partial charge >= 0.3 is 0 Å². The lowest BCUT2D eigenvalue weighted by atomic mass is 10.2. The summed E-state index contributed by atoms with van der Waals surface area (Å²) in [7, 11) is 3.68. The molecule has 4 nitrogen and oxygen atoms in total. The van der Waals surface area contributed by atoms with E-state index in [9.17, 15) is 4.79 Å². The lowest BCUT2D eigenvalue weighted by Crippen LogP contribution is -2.33. The zero-order valence-electron chi connectivity index (χ0n) is 12.1. The van der Waals surface area contributed by atoms with Crippen LogP contribution < -0.4 is 5.32 Å². The van der Waals surface area contributed by atoms with Gasteiger partial charge in [-0.15, -0.1) is 11.3 Å². The number of carbonyl (C=O) groups excluding carboxylic acids is 1. The van der Waals surface area contributed by atoms with Crippen LogP contribution in [0.1, 0.15) is 5.69 Å². The van der Waals surface area contributed by atoms with Gasteiger partial charge in [0, 0.05) is 36.1 Å². The van der Waals surface area contributed by atoms with Gasteiger partial charge in [-0.05, 0) is 19.2 Å². The van der Waals surface area contributed by atoms with Gasteiger partial charge in [0.25, 0.3) is 0 Å². The fourth-order valence-electron chi connectivity index (χ4n) is 1.81. The first-order chi connectivity index (χ1) is 10.1. The van der Waals surface area contributed by atoms with Crippen molar-refractivity contribution in [3.05, 3.63) is 40.4 Å². The van der Waals surface area contributed by atoms with Gasteiger partial charge in [0.15, 0.2) is 0 Å². The summed E-state index contributed by atoms with van der Waals surface area (Å²) in [6.45, 7) is 1.48. The standard InChI is InChI=1S/C15H18ClN3OS/c1-17-7-8-19(2)14(20)9-13-10-21-15(18-13)11-3-5-12(16)6-4-11/h3-6,10,17H,7-9H2,1-2H3. The lowest BCUT2D eigenvalue weighted by molar-refractivity contribution is -0.129. The maximum atomic E-state index is 12.1. The first kappa shape index (κ1) is 15.9. The predicted molar refractivity (Wildman–Crippen MR) is 87.8 cm³/mol. The van der Waals surface area contributed by atoms with E-state index < -0.39 is 0 Å². The van der Waals surface area contributed by atoms with E-state index in [0.717, 1.165) is 22.8 Å². The van der Waals surface area contributed by atoms with Crippen LogP contribution in [-0.4, -0.2) is 43.0 Å². The van der Waals surface area contributed by atoms with E-state index in [-0.39, 0.29) is 5.91 Å². The molecular weight excluding hydrogens is 306 g/mol. The molecule has 0 saturated carbocycles. The summed E-state index contributed by atoms with van der Waals surface area (Å²) in [5, 5.41) is 6.58. The molecule has 0 atom stereocenters. The van der Waals surface area contributed by atoms with Crippen LogP contribution in [0.25, 0.3) is 10.6 Å². The molecule has 0 aliphatic rings. The molecule has 0 spiro atoms. The van der Waals surface area contributed by atoms with E-state index in [1.165, 1.54) is 0 Å². The van der Waals surface area contributed by atoms with Gasteiger partial charge < -0.3 is 10.2 Å². The minimum atomic E-state index is 0.0817. The number of hydrogen-bond acceptors (Lipinski definition) is 4. The normalized spacial score (nSPS) is 10.6. The van der Waals surface area contributed by atoms with Crippen LogP contribution in [0.3, 0.4) is 0 Å². The highest BCUT2D eigenvalue weighted by atomic mass is 35.5. The number of carbonyl (C=O) groups is 1. The van der Waals surface area contributed by atoms with Crippen molar-refractivity contribution in [3.63, 3.8) is 0 Å². The van der Waals surface area contributed by atoms with Crippen LogP contribution in [0.4, 0.5) is 0 Å². The third kappa shape index (κ3) is 4.52. The summed E-state index contributed by atoms with van der Waals surface area (Å²) in [4.78, 5) is 18.3. The molecule has 0 bridgehead atoms. The molecule has 0 saturated heterocycles. The van der Waals surface area contributed by atoms with Gasteiger partial charge in [0.05, 0.1) is 12.1 Å². The fraction of sp³-hybridized carbons (Fsp3) is 0.333. The van der Waals surface area contributed by atoms with Gasteiger partial charge in [0.2, 0.25) is 5.91 Å². The Morgan fingerprint density at radius 2 is 2.10 bits per heavy atom. The summed E-state index contributed by atoms with van der Waals surface area (Å²) in [6.07, 6.45) is 0.338. The van der Waals surface area contributed by atoms with Crippen LogP contribution in [0.2, 0.25) is 5.02 Å². The van der Waals surface area contributed by atoms with Gasteiger partial charge in [-0.25, -0.2) is 4.98 Å². The van der Waals surface area contributed by atoms with Crippen molar-refractivity contribution >= 4 is 28.8 Å². The monoisotopic (exact) mass is 323 g/mol. The molecular formula is C15H18ClN3OS. The average molecular weight is 324 g/mol. The highest BCUT2D eigenvalue weighted by Crippen LogP contribution is 2.25. The van der Waals surface area contributed by atoms with Crippen molar-refractivity contribution in [2.75, 3.05) is 27.2 Å². The number of aromatic nitrogens is 1. The van der Waals surface area contributed by atoms with Crippen LogP contribution in [-0.2, 0) is 11.2 Å². The number of likely N-dealkylation sites (N-methyl/N-ethyl adjacent to an activating group) is 2. The second-order valence-electron chi connectivity index (χ2n) is 4.75. The maximum absolute atomic E-state index is 12.1. The summed E-state index contributed by atoms with van der Waals surface area (Å²) in [5.74, 6) is 0.0817. The molecule has 2 aromatic rings. The third-order valence-electron chi connectivity index (χ3n) is 3.10. The van der Waals surface area contributed by atoms with Crippen LogP contribution in [0.15, 0.2) is 29.6 Å². The largest absolute Gasteiger partial charge is 0.344 e. The first-order valence-electron chi connectivity index (χ1n) is 6.69. The van der Waals surface area contributed by atoms with E-state index in [1.54, 1.807) is 16.2 Å². The van der Waals surface area contributed by atoms with Crippen molar-refractivity contribution in [2.24, 2.45) is 0 Å². The molecule has 0 aliphatic heterocycles. The van der Waals surface area contributed by atoms with E-state index >= 15 is 0 Å². The Balaban J connectivity index is 2.00. The van der Waals surface area contributed by atoms with Crippen molar-refractivity contribution in [3.8, 4) is 10.6 Å². The molecule has 112 valence electrons. The van der Waals surface area contributed by atoms with Gasteiger partial charge in [0.1, 0.15) is 5.01 Å². The number of nitrogens with one attached hydrogen (secondary N) is 1. The fourth-order valence-corrected chi connectivity index (χ4v) is 2.76. The number of amides is 1. The number of benzene rings is 1. The summed E-state index contributed by atoms with van der Waals surface area (Å²) < 4.78 is 0. The Bertz CT molecular complexity index is 597. The predicted octanol–water partition coefficient (Wildman–Crippen LogP) is 2.68. The zero-order chi connectivity index (χ0) is 15.2. The van der Waals surface area contributed by atoms with Crippen molar-refractivity contribution in [2.45, 2.75) is 6.42 Å². The van der Waals surface area contributed by atoms with E-state index in [0.29, 0.717) is 18.0 Å². The Hall–Kier alpha value is -1.43. The van der Waals surface area contributed by atoms with E-state index in [2.05, 4.69) is 10.3 Å². The van der Waals surface area contributed by atoms with Crippen molar-refractivity contribution in [1.82, 2.24) is 15.2 Å². The van der Waals surface area contributed by atoms with Gasteiger partial charge in [-0.1, -0.05) is 23.7 Å². The molecule has 0 aliphatic carbocycles. The molecule has 21 heavy (non-hydrogen) atoms. The summed E-state index contributed by atoms with van der Waals surface area (Å²) >= 11 is 7.42. The minimum absolute atomic E-state index is 0.0817. The quantitative estimate of drug-likeness (QED) is 0.889. The molecule has 0 fully saturated rings. The maximum Gasteiger partial charge on any atom is 0.228 e. The molecule has 1 heterocycles. The molecule has 0 unspecified atom stereocenters. The number of halogens is 1. The van der Waals surface area contributed by atoms with Crippen LogP contribution >= 0.6 is 22.9 Å². The Morgan fingerprint density at radius 1 is 1.38 bits per heavy atom. The van der Waals surface area contributed by atoms with E-state index in [4.69, 9.17) is 11.6 Å². The van der Waals surface area contributed by atoms with Crippen LogP contribution in [0, 0.1) is 0 Å². The third-order valence-corrected chi connectivity index (χ3v) is 4.29. The summed E-state index contributed by atoms with van der Waals surface area (Å²) in [5.41, 5.74) is 1.83. The number of rotatable bonds is 6. The van der Waals surface area contributed by atoms with Gasteiger partial charge in [-0.2, -0.15) is 0 Å². The SMILES string of the molecule is CNCCN(C)C(=O)Cc1csc(-c2ccc(Cl)cc2)n1. The molecule has 1 aromatic carbocycles. The lowest BCUT2D eigenvalue weighted by Gasteiger charge is -2.16. The van der Waals surface area contributed by atoms with Crippen molar-refractivity contribution < 1.29 is 4.79 Å². The molecule has 2 rings (SSSR count). The van der Waals surface area contributed by atoms with E-state index in [1.807, 2.05) is 43.7 Å². The van der Waals surface area contributed by atoms with Crippen molar-refractivity contribution in [1.29, 1.82) is 0 Å². The second-order valence-corrected chi connectivity index (χ2v) is 6.04. The second kappa shape index (κ2) is 7.54. The number of thiazole rings is 1. The number of nitrogens with zero attached hydrogens (tertiary/aromatic N) is 2. The van der Waals surface area contributed by atoms with Gasteiger partial charge in [-0.3, -0.25) is 4.79 Å². The molecule has 1 N–H and O–H groups in total. The highest BCUT2D eigenvalue weighted by molar-refractivity contribution is 7.13.